The predicted octanol–water partition coefficient (Wildman–Crippen LogP) is 4.67. The minimum atomic E-state index is 0.293. The summed E-state index contributed by atoms with van der Waals surface area (Å²) >= 11 is 6.19. The molecule has 1 aromatic carbocycles. The van der Waals surface area contributed by atoms with Crippen LogP contribution in [0.15, 0.2) is 24.3 Å². The molecule has 2 heteroatoms. The molecule has 0 bridgehead atoms. The van der Waals surface area contributed by atoms with Gasteiger partial charge in [0.25, 0.3) is 0 Å². The Kier molecular flexibility index (Phi) is 5.03. The van der Waals surface area contributed by atoms with Crippen LogP contribution in [0.25, 0.3) is 0 Å². The van der Waals surface area contributed by atoms with Crippen LogP contribution in [-0.4, -0.2) is 6.54 Å². The van der Waals surface area contributed by atoms with Gasteiger partial charge in [0.2, 0.25) is 0 Å². The van der Waals surface area contributed by atoms with Gasteiger partial charge in [-0.05, 0) is 29.9 Å². The summed E-state index contributed by atoms with van der Waals surface area (Å²) in [5.41, 5.74) is 1.48. The van der Waals surface area contributed by atoms with Crippen molar-refractivity contribution in [1.29, 1.82) is 0 Å². The summed E-state index contributed by atoms with van der Waals surface area (Å²) in [6, 6.07) is 8.33. The Balaban J connectivity index is 2.62. The molecule has 1 rings (SSSR count). The van der Waals surface area contributed by atoms with E-state index in [2.05, 4.69) is 46.0 Å². The van der Waals surface area contributed by atoms with Crippen LogP contribution in [0.5, 0.6) is 0 Å². The number of hydrogen-bond donors (Lipinski definition) is 1. The van der Waals surface area contributed by atoms with Gasteiger partial charge < -0.3 is 5.32 Å². The van der Waals surface area contributed by atoms with E-state index >= 15 is 0 Å². The van der Waals surface area contributed by atoms with E-state index in [1.54, 1.807) is 0 Å². The summed E-state index contributed by atoms with van der Waals surface area (Å²) in [4.78, 5) is 0. The van der Waals surface area contributed by atoms with Crippen molar-refractivity contribution >= 4 is 11.6 Å². The topological polar surface area (TPSA) is 12.0 Å². The summed E-state index contributed by atoms with van der Waals surface area (Å²) in [5, 5.41) is 4.42. The summed E-state index contributed by atoms with van der Waals surface area (Å²) < 4.78 is 0. The Morgan fingerprint density at radius 1 is 1.18 bits per heavy atom. The number of nitrogens with one attached hydrogen (secondary N) is 1. The van der Waals surface area contributed by atoms with Crippen molar-refractivity contribution in [1.82, 2.24) is 5.32 Å². The Hall–Kier alpha value is -0.530. The van der Waals surface area contributed by atoms with Gasteiger partial charge >= 0.3 is 0 Å². The highest BCUT2D eigenvalue weighted by atomic mass is 35.5. The average Bonchev–Trinajstić information content (AvgIpc) is 2.26. The first kappa shape index (κ1) is 14.5. The molecule has 0 aliphatic heterocycles. The standard InChI is InChI=1S/C15H24ClN/c1-11(2)15(4,5)10-17-12(3)13-8-6-7-9-14(13)16/h6-9,11-12,17H,10H2,1-5H3. The van der Waals surface area contributed by atoms with Gasteiger partial charge in [0.1, 0.15) is 0 Å². The molecule has 0 saturated heterocycles. The summed E-state index contributed by atoms with van der Waals surface area (Å²) in [6.07, 6.45) is 0. The van der Waals surface area contributed by atoms with Crippen LogP contribution in [-0.2, 0) is 0 Å². The van der Waals surface area contributed by atoms with E-state index in [1.807, 2.05) is 18.2 Å². The van der Waals surface area contributed by atoms with Crippen molar-refractivity contribution in [3.63, 3.8) is 0 Å². The van der Waals surface area contributed by atoms with Crippen LogP contribution in [0.2, 0.25) is 5.02 Å². The van der Waals surface area contributed by atoms with Crippen LogP contribution in [0.4, 0.5) is 0 Å². The first-order chi connectivity index (χ1) is 7.84. The molecule has 0 aliphatic rings. The molecule has 0 radical (unpaired) electrons. The van der Waals surface area contributed by atoms with Gasteiger partial charge in [-0.1, -0.05) is 57.5 Å². The van der Waals surface area contributed by atoms with E-state index in [0.717, 1.165) is 11.6 Å². The zero-order valence-corrected chi connectivity index (χ0v) is 12.3. The molecule has 0 heterocycles. The molecule has 96 valence electrons. The van der Waals surface area contributed by atoms with Crippen molar-refractivity contribution in [2.75, 3.05) is 6.54 Å². The van der Waals surface area contributed by atoms with Crippen LogP contribution in [0.1, 0.15) is 46.2 Å². The maximum atomic E-state index is 6.19. The molecule has 0 aromatic heterocycles. The van der Waals surface area contributed by atoms with Crippen molar-refractivity contribution < 1.29 is 0 Å². The smallest absolute Gasteiger partial charge is 0.0453 e. The molecule has 0 spiro atoms. The highest BCUT2D eigenvalue weighted by Crippen LogP contribution is 2.27. The molecule has 0 fully saturated rings. The molecule has 0 aliphatic carbocycles. The maximum Gasteiger partial charge on any atom is 0.0453 e. The number of rotatable bonds is 5. The van der Waals surface area contributed by atoms with E-state index < -0.39 is 0 Å². The third-order valence-corrected chi connectivity index (χ3v) is 4.14. The average molecular weight is 254 g/mol. The Morgan fingerprint density at radius 2 is 1.76 bits per heavy atom. The summed E-state index contributed by atoms with van der Waals surface area (Å²) in [7, 11) is 0. The van der Waals surface area contributed by atoms with Crippen LogP contribution < -0.4 is 5.32 Å². The van der Waals surface area contributed by atoms with E-state index in [-0.39, 0.29) is 0 Å². The molecule has 17 heavy (non-hydrogen) atoms. The fourth-order valence-electron chi connectivity index (χ4n) is 1.56. The largest absolute Gasteiger partial charge is 0.310 e. The fourth-order valence-corrected chi connectivity index (χ4v) is 1.86. The molecule has 1 atom stereocenters. The second-order valence-electron chi connectivity index (χ2n) is 5.77. The maximum absolute atomic E-state index is 6.19. The second-order valence-corrected chi connectivity index (χ2v) is 6.17. The zero-order chi connectivity index (χ0) is 13.1. The van der Waals surface area contributed by atoms with Gasteiger partial charge in [0.15, 0.2) is 0 Å². The van der Waals surface area contributed by atoms with Gasteiger partial charge in [-0.2, -0.15) is 0 Å². The molecular weight excluding hydrogens is 230 g/mol. The van der Waals surface area contributed by atoms with E-state index in [0.29, 0.717) is 17.4 Å². The highest BCUT2D eigenvalue weighted by molar-refractivity contribution is 6.31. The minimum Gasteiger partial charge on any atom is -0.310 e. The SMILES string of the molecule is CC(NCC(C)(C)C(C)C)c1ccccc1Cl. The molecule has 1 nitrogen and oxygen atoms in total. The van der Waals surface area contributed by atoms with Gasteiger partial charge in [0.05, 0.1) is 0 Å². The lowest BCUT2D eigenvalue weighted by Crippen LogP contribution is -2.34. The first-order valence-electron chi connectivity index (χ1n) is 6.32. The number of benzene rings is 1. The van der Waals surface area contributed by atoms with Gasteiger partial charge in [-0.3, -0.25) is 0 Å². The first-order valence-corrected chi connectivity index (χ1v) is 6.70. The summed E-state index contributed by atoms with van der Waals surface area (Å²) in [6.45, 7) is 12.3. The molecule has 1 aromatic rings. The third-order valence-electron chi connectivity index (χ3n) is 3.80. The van der Waals surface area contributed by atoms with E-state index in [1.165, 1.54) is 5.56 Å². The van der Waals surface area contributed by atoms with Crippen LogP contribution >= 0.6 is 11.6 Å². The van der Waals surface area contributed by atoms with Gasteiger partial charge in [-0.15, -0.1) is 0 Å². The minimum absolute atomic E-state index is 0.293. The van der Waals surface area contributed by atoms with E-state index in [9.17, 15) is 0 Å². The molecule has 0 amide bonds. The quantitative estimate of drug-likeness (QED) is 0.804. The van der Waals surface area contributed by atoms with Crippen molar-refractivity contribution in [2.24, 2.45) is 11.3 Å². The van der Waals surface area contributed by atoms with Crippen LogP contribution in [0, 0.1) is 11.3 Å². The van der Waals surface area contributed by atoms with Gasteiger partial charge in [-0.25, -0.2) is 0 Å². The van der Waals surface area contributed by atoms with Crippen molar-refractivity contribution in [3.05, 3.63) is 34.9 Å². The highest BCUT2D eigenvalue weighted by Gasteiger charge is 2.23. The molecule has 1 N–H and O–H groups in total. The van der Waals surface area contributed by atoms with Crippen LogP contribution in [0.3, 0.4) is 0 Å². The van der Waals surface area contributed by atoms with Crippen molar-refractivity contribution in [2.45, 2.75) is 40.7 Å². The van der Waals surface area contributed by atoms with Crippen molar-refractivity contribution in [3.8, 4) is 0 Å². The normalized spacial score (nSPS) is 14.1. The lowest BCUT2D eigenvalue weighted by molar-refractivity contribution is 0.230. The Bertz CT molecular complexity index is 358. The lowest BCUT2D eigenvalue weighted by Gasteiger charge is -2.31. The second kappa shape index (κ2) is 5.88. The predicted molar refractivity (Wildman–Crippen MR) is 76.5 cm³/mol. The monoisotopic (exact) mass is 253 g/mol. The third kappa shape index (κ3) is 4.01. The summed E-state index contributed by atoms with van der Waals surface area (Å²) in [5.74, 6) is 0.661. The van der Waals surface area contributed by atoms with Gasteiger partial charge in [0, 0.05) is 17.6 Å². The molecule has 1 unspecified atom stereocenters. The number of hydrogen-bond acceptors (Lipinski definition) is 1. The van der Waals surface area contributed by atoms with E-state index in [4.69, 9.17) is 11.6 Å². The number of halogens is 1. The lowest BCUT2D eigenvalue weighted by atomic mass is 9.81. The Morgan fingerprint density at radius 3 is 2.29 bits per heavy atom. The fraction of sp³-hybridized carbons (Fsp3) is 0.600. The zero-order valence-electron chi connectivity index (χ0n) is 11.5. The molecular formula is C15H24ClN. The molecule has 0 saturated carbocycles. The Labute approximate surface area is 111 Å².